The molecule has 0 radical (unpaired) electrons. The Morgan fingerprint density at radius 3 is 2.61 bits per heavy atom. The van der Waals surface area contributed by atoms with Crippen LogP contribution in [0.1, 0.15) is 37.8 Å². The summed E-state index contributed by atoms with van der Waals surface area (Å²) in [5.41, 5.74) is 1.21. The van der Waals surface area contributed by atoms with Gasteiger partial charge in [-0.25, -0.2) is 4.79 Å². The van der Waals surface area contributed by atoms with Gasteiger partial charge in [-0.1, -0.05) is 18.2 Å². The van der Waals surface area contributed by atoms with Crippen LogP contribution in [0.4, 0.5) is 4.79 Å². The lowest BCUT2D eigenvalue weighted by Gasteiger charge is -2.32. The number of nitrogens with zero attached hydrogens (tertiary/aromatic N) is 1. The van der Waals surface area contributed by atoms with Crippen LogP contribution >= 0.6 is 11.8 Å². The van der Waals surface area contributed by atoms with Crippen LogP contribution in [0.25, 0.3) is 0 Å². The van der Waals surface area contributed by atoms with E-state index in [4.69, 9.17) is 0 Å². The van der Waals surface area contributed by atoms with Gasteiger partial charge in [0.25, 0.3) is 0 Å². The van der Waals surface area contributed by atoms with E-state index in [0.29, 0.717) is 0 Å². The number of piperidine rings is 1. The van der Waals surface area contributed by atoms with Crippen molar-refractivity contribution in [3.63, 3.8) is 0 Å². The molecular formula is C17H23N3O2S. The van der Waals surface area contributed by atoms with Crippen molar-refractivity contribution in [1.29, 1.82) is 0 Å². The summed E-state index contributed by atoms with van der Waals surface area (Å²) >= 11 is 1.85. The first kappa shape index (κ1) is 16.2. The van der Waals surface area contributed by atoms with Crippen LogP contribution in [0.5, 0.6) is 0 Å². The van der Waals surface area contributed by atoms with Gasteiger partial charge in [-0.05, 0) is 30.9 Å². The zero-order valence-corrected chi connectivity index (χ0v) is 14.2. The second-order valence-corrected chi connectivity index (χ2v) is 7.26. The van der Waals surface area contributed by atoms with Crippen molar-refractivity contribution in [2.45, 2.75) is 43.2 Å². The van der Waals surface area contributed by atoms with Gasteiger partial charge >= 0.3 is 6.03 Å². The lowest BCUT2D eigenvalue weighted by atomic mass is 10.0. The second kappa shape index (κ2) is 7.25. The highest BCUT2D eigenvalue weighted by molar-refractivity contribution is 7.99. The van der Waals surface area contributed by atoms with Crippen molar-refractivity contribution in [3.05, 3.63) is 29.8 Å². The number of likely N-dealkylation sites (tertiary alicyclic amines) is 1. The smallest absolute Gasteiger partial charge is 0.315 e. The Morgan fingerprint density at radius 1 is 1.13 bits per heavy atom. The largest absolute Gasteiger partial charge is 0.343 e. The van der Waals surface area contributed by atoms with Crippen molar-refractivity contribution in [2.75, 3.05) is 18.8 Å². The average Bonchev–Trinajstić information content (AvgIpc) is 2.55. The number of benzene rings is 1. The number of thioether (sulfide) groups is 1. The maximum absolute atomic E-state index is 12.3. The Balaban J connectivity index is 1.52. The third kappa shape index (κ3) is 3.99. The summed E-state index contributed by atoms with van der Waals surface area (Å²) in [4.78, 5) is 26.7. The van der Waals surface area contributed by atoms with E-state index in [9.17, 15) is 9.59 Å². The molecule has 2 N–H and O–H groups in total. The van der Waals surface area contributed by atoms with Gasteiger partial charge in [-0.2, -0.15) is 0 Å². The Hall–Kier alpha value is -1.69. The summed E-state index contributed by atoms with van der Waals surface area (Å²) in [6.07, 6.45) is 2.60. The summed E-state index contributed by atoms with van der Waals surface area (Å²) in [5.74, 6) is 1.14. The standard InChI is InChI=1S/C17H23N3O2S/c1-12(21)20-9-6-13(7-10-20)18-17(22)19-15-8-11-23-16-5-3-2-4-14(15)16/h2-5,13,15H,6-11H2,1H3,(H2,18,19,22)/t15-/m0/s1. The van der Waals surface area contributed by atoms with Gasteiger partial charge in [-0.15, -0.1) is 11.8 Å². The maximum atomic E-state index is 12.3. The molecule has 1 saturated heterocycles. The van der Waals surface area contributed by atoms with E-state index in [0.717, 1.165) is 38.1 Å². The van der Waals surface area contributed by atoms with Crippen molar-refractivity contribution >= 4 is 23.7 Å². The van der Waals surface area contributed by atoms with Crippen LogP contribution in [0.2, 0.25) is 0 Å². The average molecular weight is 333 g/mol. The second-order valence-electron chi connectivity index (χ2n) is 6.13. The number of amides is 3. The Kier molecular flexibility index (Phi) is 5.10. The molecule has 1 aromatic rings. The normalized spacial score (nSPS) is 21.4. The van der Waals surface area contributed by atoms with E-state index in [-0.39, 0.29) is 24.0 Å². The third-order valence-electron chi connectivity index (χ3n) is 4.54. The van der Waals surface area contributed by atoms with Gasteiger partial charge in [0.2, 0.25) is 5.91 Å². The summed E-state index contributed by atoms with van der Waals surface area (Å²) in [6.45, 7) is 3.05. The molecule has 0 spiro atoms. The highest BCUT2D eigenvalue weighted by Gasteiger charge is 2.25. The molecule has 2 heterocycles. The highest BCUT2D eigenvalue weighted by Crippen LogP contribution is 2.35. The molecule has 0 aliphatic carbocycles. The predicted molar refractivity (Wildman–Crippen MR) is 91.5 cm³/mol. The van der Waals surface area contributed by atoms with Crippen LogP contribution in [0.3, 0.4) is 0 Å². The van der Waals surface area contributed by atoms with Crippen LogP contribution in [0, 0.1) is 0 Å². The van der Waals surface area contributed by atoms with Gasteiger partial charge in [0.1, 0.15) is 0 Å². The van der Waals surface area contributed by atoms with E-state index in [1.807, 2.05) is 28.8 Å². The Labute approximate surface area is 141 Å². The molecule has 1 atom stereocenters. The minimum atomic E-state index is -0.0991. The minimum Gasteiger partial charge on any atom is -0.343 e. The molecule has 5 nitrogen and oxygen atoms in total. The lowest BCUT2D eigenvalue weighted by Crippen LogP contribution is -2.49. The molecule has 0 unspecified atom stereocenters. The molecular weight excluding hydrogens is 310 g/mol. The van der Waals surface area contributed by atoms with Crippen LogP contribution in [0.15, 0.2) is 29.2 Å². The van der Waals surface area contributed by atoms with Crippen molar-refractivity contribution < 1.29 is 9.59 Å². The fourth-order valence-corrected chi connectivity index (χ4v) is 4.34. The summed E-state index contributed by atoms with van der Waals surface area (Å²) in [5, 5.41) is 6.17. The zero-order chi connectivity index (χ0) is 16.2. The molecule has 1 fully saturated rings. The minimum absolute atomic E-state index is 0.0877. The summed E-state index contributed by atoms with van der Waals surface area (Å²) in [6, 6.07) is 8.41. The number of hydrogen-bond donors (Lipinski definition) is 2. The molecule has 3 rings (SSSR count). The zero-order valence-electron chi connectivity index (χ0n) is 13.4. The van der Waals surface area contributed by atoms with Gasteiger partial charge in [0.15, 0.2) is 0 Å². The number of carbonyl (C=O) groups is 2. The van der Waals surface area contributed by atoms with E-state index in [2.05, 4.69) is 22.8 Å². The van der Waals surface area contributed by atoms with E-state index in [1.165, 1.54) is 10.5 Å². The van der Waals surface area contributed by atoms with Gasteiger partial charge in [-0.3, -0.25) is 4.79 Å². The number of carbonyl (C=O) groups excluding carboxylic acids is 2. The molecule has 23 heavy (non-hydrogen) atoms. The molecule has 2 aliphatic heterocycles. The fraction of sp³-hybridized carbons (Fsp3) is 0.529. The first-order valence-corrected chi connectivity index (χ1v) is 9.16. The highest BCUT2D eigenvalue weighted by atomic mass is 32.2. The van der Waals surface area contributed by atoms with E-state index < -0.39 is 0 Å². The molecule has 0 bridgehead atoms. The Bertz CT molecular complexity index is 585. The molecule has 0 aromatic heterocycles. The SMILES string of the molecule is CC(=O)N1CCC(NC(=O)N[C@H]2CCSc3ccccc32)CC1. The maximum Gasteiger partial charge on any atom is 0.315 e. The molecule has 124 valence electrons. The summed E-state index contributed by atoms with van der Waals surface area (Å²) < 4.78 is 0. The van der Waals surface area contributed by atoms with Crippen LogP contribution in [-0.4, -0.2) is 41.7 Å². The number of hydrogen-bond acceptors (Lipinski definition) is 3. The van der Waals surface area contributed by atoms with Crippen LogP contribution in [-0.2, 0) is 4.79 Å². The predicted octanol–water partition coefficient (Wildman–Crippen LogP) is 2.53. The van der Waals surface area contributed by atoms with E-state index >= 15 is 0 Å². The number of nitrogens with one attached hydrogen (secondary N) is 2. The molecule has 2 aliphatic rings. The van der Waals surface area contributed by atoms with Crippen LogP contribution < -0.4 is 10.6 Å². The van der Waals surface area contributed by atoms with Gasteiger partial charge in [0, 0.05) is 36.7 Å². The number of fused-ring (bicyclic) bond motifs is 1. The molecule has 1 aromatic carbocycles. The summed E-state index contributed by atoms with van der Waals surface area (Å²) in [7, 11) is 0. The first-order chi connectivity index (χ1) is 11.1. The van der Waals surface area contributed by atoms with Crippen molar-refractivity contribution in [3.8, 4) is 0 Å². The first-order valence-electron chi connectivity index (χ1n) is 8.18. The van der Waals surface area contributed by atoms with Gasteiger partial charge < -0.3 is 15.5 Å². The third-order valence-corrected chi connectivity index (χ3v) is 5.66. The number of urea groups is 1. The molecule has 6 heteroatoms. The topological polar surface area (TPSA) is 61.4 Å². The fourth-order valence-electron chi connectivity index (χ4n) is 3.22. The van der Waals surface area contributed by atoms with E-state index in [1.54, 1.807) is 6.92 Å². The Morgan fingerprint density at radius 2 is 1.87 bits per heavy atom. The van der Waals surface area contributed by atoms with Crippen molar-refractivity contribution in [1.82, 2.24) is 15.5 Å². The monoisotopic (exact) mass is 333 g/mol. The quantitative estimate of drug-likeness (QED) is 0.874. The lowest BCUT2D eigenvalue weighted by molar-refractivity contribution is -0.129. The van der Waals surface area contributed by atoms with Gasteiger partial charge in [0.05, 0.1) is 6.04 Å². The molecule has 3 amide bonds. The molecule has 0 saturated carbocycles. The van der Waals surface area contributed by atoms with Crippen molar-refractivity contribution in [2.24, 2.45) is 0 Å². The number of rotatable bonds is 2.